The van der Waals surface area contributed by atoms with Crippen molar-refractivity contribution in [2.75, 3.05) is 23.3 Å². The number of nitrogens with one attached hydrogen (secondary N) is 1. The van der Waals surface area contributed by atoms with Gasteiger partial charge < -0.3 is 10.1 Å². The van der Waals surface area contributed by atoms with Gasteiger partial charge in [-0.3, -0.25) is 9.10 Å². The van der Waals surface area contributed by atoms with Crippen LogP contribution in [0.4, 0.5) is 11.4 Å². The minimum atomic E-state index is -3.99. The van der Waals surface area contributed by atoms with E-state index in [-0.39, 0.29) is 21.9 Å². The van der Waals surface area contributed by atoms with Gasteiger partial charge in [-0.2, -0.15) is 0 Å². The smallest absolute Gasteiger partial charge is 0.338 e. The maximum Gasteiger partial charge on any atom is 0.338 e. The summed E-state index contributed by atoms with van der Waals surface area (Å²) in [5.74, 6) is -1.11. The highest BCUT2D eigenvalue weighted by Crippen LogP contribution is 2.29. The van der Waals surface area contributed by atoms with Crippen molar-refractivity contribution in [3.8, 4) is 0 Å². The Labute approximate surface area is 189 Å². The van der Waals surface area contributed by atoms with Crippen LogP contribution in [0, 0.1) is 0 Å². The Morgan fingerprint density at radius 1 is 1.13 bits per heavy atom. The number of nitrogens with zero attached hydrogens (tertiary/aromatic N) is 1. The van der Waals surface area contributed by atoms with E-state index in [0.717, 1.165) is 15.6 Å². The number of hydrogen-bond donors (Lipinski definition) is 1. The zero-order valence-corrected chi connectivity index (χ0v) is 19.1. The summed E-state index contributed by atoms with van der Waals surface area (Å²) in [7, 11) is -2.59. The fraction of sp³-hybridized carbons (Fsp3) is 0.143. The molecule has 0 unspecified atom stereocenters. The molecular weight excluding hydrogens is 460 g/mol. The van der Waals surface area contributed by atoms with Crippen molar-refractivity contribution in [1.82, 2.24) is 0 Å². The Balaban J connectivity index is 1.85. The number of carbonyl (C=O) groups is 2. The number of halogens is 1. The predicted molar refractivity (Wildman–Crippen MR) is 122 cm³/mol. The van der Waals surface area contributed by atoms with E-state index in [0.29, 0.717) is 16.4 Å². The molecule has 1 aromatic heterocycles. The van der Waals surface area contributed by atoms with E-state index in [1.165, 1.54) is 24.6 Å². The van der Waals surface area contributed by atoms with Gasteiger partial charge in [0.2, 0.25) is 0 Å². The van der Waals surface area contributed by atoms with Gasteiger partial charge in [0.15, 0.2) is 0 Å². The Kier molecular flexibility index (Phi) is 6.99. The topological polar surface area (TPSA) is 92.8 Å². The van der Waals surface area contributed by atoms with Crippen LogP contribution in [0.3, 0.4) is 0 Å². The summed E-state index contributed by atoms with van der Waals surface area (Å²) in [6, 6.07) is 13.9. The third-order valence-electron chi connectivity index (χ3n) is 4.30. The summed E-state index contributed by atoms with van der Waals surface area (Å²) < 4.78 is 32.3. The number of amides is 1. The van der Waals surface area contributed by atoms with Gasteiger partial charge in [-0.1, -0.05) is 17.7 Å². The average Bonchev–Trinajstić information content (AvgIpc) is 3.25. The maximum atomic E-state index is 13.1. The van der Waals surface area contributed by atoms with Crippen molar-refractivity contribution in [2.24, 2.45) is 0 Å². The number of thiophene rings is 1. The molecule has 1 N–H and O–H groups in total. The van der Waals surface area contributed by atoms with Crippen molar-refractivity contribution < 1.29 is 22.7 Å². The van der Waals surface area contributed by atoms with Gasteiger partial charge in [0.25, 0.3) is 15.9 Å². The summed E-state index contributed by atoms with van der Waals surface area (Å²) >= 11 is 6.88. The molecule has 3 aromatic rings. The molecule has 2 aromatic carbocycles. The standard InChI is InChI=1S/C21H19ClN2O5S2/c1-3-29-21(26)14-5-4-6-16(13-14)23-20(25)19-18(11-12-30-19)31(27,28)24(2)17-9-7-15(22)8-10-17/h4-13H,3H2,1-2H3,(H,23,25). The van der Waals surface area contributed by atoms with Gasteiger partial charge in [0, 0.05) is 17.8 Å². The van der Waals surface area contributed by atoms with E-state index in [4.69, 9.17) is 16.3 Å². The lowest BCUT2D eigenvalue weighted by molar-refractivity contribution is 0.0526. The maximum absolute atomic E-state index is 13.1. The molecule has 10 heteroatoms. The summed E-state index contributed by atoms with van der Waals surface area (Å²) in [4.78, 5) is 24.7. The van der Waals surface area contributed by atoms with Gasteiger partial charge in [0.1, 0.15) is 9.77 Å². The first kappa shape index (κ1) is 22.8. The number of rotatable bonds is 7. The molecule has 162 valence electrons. The molecule has 1 heterocycles. The Hall–Kier alpha value is -2.88. The van der Waals surface area contributed by atoms with Gasteiger partial charge in [-0.05, 0) is 60.8 Å². The van der Waals surface area contributed by atoms with Crippen LogP contribution in [0.15, 0.2) is 64.9 Å². The Bertz CT molecular complexity index is 1210. The van der Waals surface area contributed by atoms with E-state index < -0.39 is 21.9 Å². The molecule has 0 radical (unpaired) electrons. The summed E-state index contributed by atoms with van der Waals surface area (Å²) in [6.45, 7) is 1.93. The molecule has 0 aliphatic heterocycles. The molecule has 3 rings (SSSR count). The van der Waals surface area contributed by atoms with Crippen molar-refractivity contribution in [3.05, 3.63) is 75.4 Å². The van der Waals surface area contributed by atoms with E-state index in [1.807, 2.05) is 0 Å². The molecule has 1 amide bonds. The zero-order chi connectivity index (χ0) is 22.6. The van der Waals surface area contributed by atoms with Crippen molar-refractivity contribution in [2.45, 2.75) is 11.8 Å². The fourth-order valence-electron chi connectivity index (χ4n) is 2.73. The third-order valence-corrected chi connectivity index (χ3v) is 7.42. The van der Waals surface area contributed by atoms with Crippen molar-refractivity contribution >= 4 is 56.2 Å². The van der Waals surface area contributed by atoms with Crippen LogP contribution < -0.4 is 9.62 Å². The SMILES string of the molecule is CCOC(=O)c1cccc(NC(=O)c2sccc2S(=O)(=O)N(C)c2ccc(Cl)cc2)c1. The number of ether oxygens (including phenoxy) is 1. The van der Waals surface area contributed by atoms with Gasteiger partial charge >= 0.3 is 5.97 Å². The minimum Gasteiger partial charge on any atom is -0.462 e. The molecule has 7 nitrogen and oxygen atoms in total. The highest BCUT2D eigenvalue weighted by molar-refractivity contribution is 7.93. The van der Waals surface area contributed by atoms with Gasteiger partial charge in [-0.15, -0.1) is 11.3 Å². The van der Waals surface area contributed by atoms with Crippen LogP contribution >= 0.6 is 22.9 Å². The molecule has 0 fully saturated rings. The first-order valence-corrected chi connectivity index (χ1v) is 11.8. The second kappa shape index (κ2) is 9.51. The lowest BCUT2D eigenvalue weighted by Crippen LogP contribution is -2.28. The lowest BCUT2D eigenvalue weighted by Gasteiger charge is -2.19. The Morgan fingerprint density at radius 2 is 1.84 bits per heavy atom. The number of hydrogen-bond acceptors (Lipinski definition) is 6. The van der Waals surface area contributed by atoms with E-state index in [9.17, 15) is 18.0 Å². The number of esters is 1. The summed E-state index contributed by atoms with van der Waals surface area (Å²) in [6.07, 6.45) is 0. The summed E-state index contributed by atoms with van der Waals surface area (Å²) in [5.41, 5.74) is 1.03. The van der Waals surface area contributed by atoms with Crippen LogP contribution in [0.2, 0.25) is 5.02 Å². The number of benzene rings is 2. The molecule has 0 saturated carbocycles. The Morgan fingerprint density at radius 3 is 2.52 bits per heavy atom. The molecule has 31 heavy (non-hydrogen) atoms. The van der Waals surface area contributed by atoms with E-state index >= 15 is 0 Å². The normalized spacial score (nSPS) is 11.1. The molecule has 0 bridgehead atoms. The molecule has 0 aliphatic rings. The number of anilines is 2. The highest BCUT2D eigenvalue weighted by atomic mass is 35.5. The second-order valence-corrected chi connectivity index (χ2v) is 9.61. The third kappa shape index (κ3) is 5.07. The van der Waals surface area contributed by atoms with Gasteiger partial charge in [-0.25, -0.2) is 13.2 Å². The molecular formula is C21H19ClN2O5S2. The van der Waals surface area contributed by atoms with Crippen molar-refractivity contribution in [1.29, 1.82) is 0 Å². The van der Waals surface area contributed by atoms with E-state index in [1.54, 1.807) is 49.4 Å². The second-order valence-electron chi connectivity index (χ2n) is 6.32. The van der Waals surface area contributed by atoms with Crippen LogP contribution in [0.1, 0.15) is 27.0 Å². The van der Waals surface area contributed by atoms with Crippen LogP contribution in [-0.4, -0.2) is 33.9 Å². The zero-order valence-electron chi connectivity index (χ0n) is 16.7. The quantitative estimate of drug-likeness (QED) is 0.499. The van der Waals surface area contributed by atoms with Crippen LogP contribution in [0.25, 0.3) is 0 Å². The lowest BCUT2D eigenvalue weighted by atomic mass is 10.2. The van der Waals surface area contributed by atoms with Crippen LogP contribution in [0.5, 0.6) is 0 Å². The summed E-state index contributed by atoms with van der Waals surface area (Å²) in [5, 5.41) is 4.66. The first-order valence-electron chi connectivity index (χ1n) is 9.14. The first-order chi connectivity index (χ1) is 14.7. The number of carbonyl (C=O) groups excluding carboxylic acids is 2. The van der Waals surface area contributed by atoms with Crippen molar-refractivity contribution in [3.63, 3.8) is 0 Å². The monoisotopic (exact) mass is 478 g/mol. The largest absolute Gasteiger partial charge is 0.462 e. The van der Waals surface area contributed by atoms with E-state index in [2.05, 4.69) is 5.32 Å². The van der Waals surface area contributed by atoms with Crippen LogP contribution in [-0.2, 0) is 14.8 Å². The molecule has 0 aliphatic carbocycles. The minimum absolute atomic E-state index is 0.0300. The number of sulfonamides is 1. The average molecular weight is 479 g/mol. The predicted octanol–water partition coefficient (Wildman–Crippen LogP) is 4.66. The molecule has 0 spiro atoms. The molecule has 0 saturated heterocycles. The van der Waals surface area contributed by atoms with Gasteiger partial charge in [0.05, 0.1) is 17.9 Å². The molecule has 0 atom stereocenters. The fourth-order valence-corrected chi connectivity index (χ4v) is 5.35. The highest BCUT2D eigenvalue weighted by Gasteiger charge is 2.28.